The van der Waals surface area contributed by atoms with Gasteiger partial charge >= 0.3 is 0 Å². The molecule has 0 unspecified atom stereocenters. The van der Waals surface area contributed by atoms with Crippen LogP contribution in [0.2, 0.25) is 0 Å². The monoisotopic (exact) mass is 317 g/mol. The lowest BCUT2D eigenvalue weighted by Crippen LogP contribution is -2.47. The van der Waals surface area contributed by atoms with Gasteiger partial charge in [0, 0.05) is 44.5 Å². The summed E-state index contributed by atoms with van der Waals surface area (Å²) in [7, 11) is 4.02. The first kappa shape index (κ1) is 16.5. The van der Waals surface area contributed by atoms with Gasteiger partial charge in [-0.3, -0.25) is 0 Å². The second-order valence-corrected chi connectivity index (χ2v) is 7.27. The Morgan fingerprint density at radius 2 is 1.57 bits per heavy atom. The molecule has 0 N–H and O–H groups in total. The summed E-state index contributed by atoms with van der Waals surface area (Å²) >= 11 is 0. The molecule has 3 rings (SSSR count). The Morgan fingerprint density at radius 3 is 2.17 bits per heavy atom. The molecule has 0 spiro atoms. The van der Waals surface area contributed by atoms with Gasteiger partial charge in [-0.1, -0.05) is 6.42 Å². The zero-order valence-electron chi connectivity index (χ0n) is 15.2. The average Bonchev–Trinajstić information content (AvgIpc) is 2.58. The van der Waals surface area contributed by atoms with Crippen molar-refractivity contribution in [3.05, 3.63) is 11.3 Å². The molecule has 0 atom stereocenters. The van der Waals surface area contributed by atoms with E-state index < -0.39 is 0 Å². The van der Waals surface area contributed by atoms with Gasteiger partial charge in [0.15, 0.2) is 0 Å². The second kappa shape index (κ2) is 7.04. The average molecular weight is 317 g/mol. The maximum atomic E-state index is 4.82. The first-order chi connectivity index (χ1) is 11.1. The van der Waals surface area contributed by atoms with Crippen molar-refractivity contribution in [1.82, 2.24) is 14.9 Å². The first-order valence-corrected chi connectivity index (χ1v) is 9.08. The summed E-state index contributed by atoms with van der Waals surface area (Å²) in [5, 5.41) is 0. The van der Waals surface area contributed by atoms with Gasteiger partial charge in [0.2, 0.25) is 5.95 Å². The van der Waals surface area contributed by atoms with E-state index in [9.17, 15) is 0 Å². The van der Waals surface area contributed by atoms with Gasteiger partial charge in [-0.2, -0.15) is 4.98 Å². The third-order valence-electron chi connectivity index (χ3n) is 5.42. The molecule has 0 bridgehead atoms. The Balaban J connectivity index is 1.69. The summed E-state index contributed by atoms with van der Waals surface area (Å²) in [6.45, 7) is 9.09. The van der Waals surface area contributed by atoms with E-state index in [1.165, 1.54) is 50.8 Å². The molecule has 0 amide bonds. The summed E-state index contributed by atoms with van der Waals surface area (Å²) in [5.74, 6) is 1.96. The van der Waals surface area contributed by atoms with Gasteiger partial charge in [-0.15, -0.1) is 0 Å². The fourth-order valence-corrected chi connectivity index (χ4v) is 3.83. The summed E-state index contributed by atoms with van der Waals surface area (Å²) < 4.78 is 0. The highest BCUT2D eigenvalue weighted by Crippen LogP contribution is 2.27. The van der Waals surface area contributed by atoms with Crippen LogP contribution in [0, 0.1) is 13.8 Å². The third-order valence-corrected chi connectivity index (χ3v) is 5.42. The molecular formula is C18H31N5. The molecule has 2 aliphatic rings. The van der Waals surface area contributed by atoms with E-state index in [-0.39, 0.29) is 0 Å². The molecule has 1 aromatic rings. The molecule has 23 heavy (non-hydrogen) atoms. The Hall–Kier alpha value is -1.36. The number of aromatic nitrogens is 2. The van der Waals surface area contributed by atoms with E-state index in [2.05, 4.69) is 28.6 Å². The fourth-order valence-electron chi connectivity index (χ4n) is 3.83. The zero-order chi connectivity index (χ0) is 16.4. The number of rotatable bonds is 3. The van der Waals surface area contributed by atoms with Crippen LogP contribution in [0.3, 0.4) is 0 Å². The van der Waals surface area contributed by atoms with Gasteiger partial charge in [0.05, 0.1) is 0 Å². The predicted octanol–water partition coefficient (Wildman–Crippen LogP) is 2.61. The standard InChI is InChI=1S/C18H31N5/c1-14-15(2)19-18(21(3)4)20-17(14)23-12-8-16(9-13-23)22-10-6-5-7-11-22/h16H,5-13H2,1-4H3. The number of nitrogens with zero attached hydrogens (tertiary/aromatic N) is 5. The molecule has 0 aliphatic carbocycles. The van der Waals surface area contributed by atoms with Crippen molar-refractivity contribution in [2.75, 3.05) is 50.1 Å². The predicted molar refractivity (Wildman–Crippen MR) is 96.5 cm³/mol. The van der Waals surface area contributed by atoms with Crippen molar-refractivity contribution >= 4 is 11.8 Å². The number of hydrogen-bond acceptors (Lipinski definition) is 5. The largest absolute Gasteiger partial charge is 0.356 e. The van der Waals surface area contributed by atoms with Crippen molar-refractivity contribution in [2.24, 2.45) is 0 Å². The fraction of sp³-hybridized carbons (Fsp3) is 0.778. The Labute approximate surface area is 140 Å². The van der Waals surface area contributed by atoms with E-state index in [1.54, 1.807) is 0 Å². The summed E-state index contributed by atoms with van der Waals surface area (Å²) in [5.41, 5.74) is 2.32. The molecule has 2 fully saturated rings. The van der Waals surface area contributed by atoms with Gasteiger partial charge < -0.3 is 14.7 Å². The lowest BCUT2D eigenvalue weighted by molar-refractivity contribution is 0.141. The van der Waals surface area contributed by atoms with Gasteiger partial charge in [0.25, 0.3) is 0 Å². The first-order valence-electron chi connectivity index (χ1n) is 9.08. The second-order valence-electron chi connectivity index (χ2n) is 7.27. The molecule has 1 aromatic heterocycles. The Bertz CT molecular complexity index is 528. The Morgan fingerprint density at radius 1 is 0.913 bits per heavy atom. The van der Waals surface area contributed by atoms with Gasteiger partial charge in [-0.25, -0.2) is 4.98 Å². The topological polar surface area (TPSA) is 35.5 Å². The SMILES string of the molecule is Cc1nc(N(C)C)nc(N2CCC(N3CCCCC3)CC2)c1C. The van der Waals surface area contributed by atoms with E-state index in [0.717, 1.165) is 36.6 Å². The number of anilines is 2. The summed E-state index contributed by atoms with van der Waals surface area (Å²) in [6, 6.07) is 0.781. The van der Waals surface area contributed by atoms with Crippen LogP contribution < -0.4 is 9.80 Å². The molecule has 3 heterocycles. The highest BCUT2D eigenvalue weighted by molar-refractivity contribution is 5.52. The smallest absolute Gasteiger partial charge is 0.227 e. The summed E-state index contributed by atoms with van der Waals surface area (Å²) in [4.78, 5) is 16.6. The lowest BCUT2D eigenvalue weighted by atomic mass is 9.99. The minimum absolute atomic E-state index is 0.781. The van der Waals surface area contributed by atoms with E-state index in [4.69, 9.17) is 4.98 Å². The number of hydrogen-bond donors (Lipinski definition) is 0. The van der Waals surface area contributed by atoms with Crippen LogP contribution >= 0.6 is 0 Å². The van der Waals surface area contributed by atoms with E-state index >= 15 is 0 Å². The molecule has 2 saturated heterocycles. The zero-order valence-corrected chi connectivity index (χ0v) is 15.2. The maximum absolute atomic E-state index is 4.82. The third kappa shape index (κ3) is 3.60. The molecule has 0 aromatic carbocycles. The van der Waals surface area contributed by atoms with E-state index in [0.29, 0.717) is 0 Å². The molecule has 5 heteroatoms. The lowest BCUT2D eigenvalue weighted by Gasteiger charge is -2.41. The van der Waals surface area contributed by atoms with Crippen LogP contribution in [0.1, 0.15) is 43.4 Å². The van der Waals surface area contributed by atoms with Crippen molar-refractivity contribution in [1.29, 1.82) is 0 Å². The highest BCUT2D eigenvalue weighted by Gasteiger charge is 2.27. The molecule has 5 nitrogen and oxygen atoms in total. The van der Waals surface area contributed by atoms with Crippen LogP contribution in [0.5, 0.6) is 0 Å². The van der Waals surface area contributed by atoms with Crippen LogP contribution in [0.25, 0.3) is 0 Å². The van der Waals surface area contributed by atoms with Gasteiger partial charge in [0.1, 0.15) is 5.82 Å². The Kier molecular flexibility index (Phi) is 5.05. The summed E-state index contributed by atoms with van der Waals surface area (Å²) in [6.07, 6.45) is 6.72. The number of likely N-dealkylation sites (tertiary alicyclic amines) is 1. The van der Waals surface area contributed by atoms with Crippen LogP contribution in [0.15, 0.2) is 0 Å². The minimum atomic E-state index is 0.781. The molecule has 0 saturated carbocycles. The van der Waals surface area contributed by atoms with Crippen LogP contribution in [-0.2, 0) is 0 Å². The number of aryl methyl sites for hydroxylation is 1. The molecule has 2 aliphatic heterocycles. The van der Waals surface area contributed by atoms with E-state index in [1.807, 2.05) is 19.0 Å². The van der Waals surface area contributed by atoms with Crippen molar-refractivity contribution in [2.45, 2.75) is 52.0 Å². The number of piperidine rings is 2. The molecule has 128 valence electrons. The molecule has 0 radical (unpaired) electrons. The quantitative estimate of drug-likeness (QED) is 0.856. The van der Waals surface area contributed by atoms with Gasteiger partial charge in [-0.05, 0) is 52.6 Å². The van der Waals surface area contributed by atoms with Crippen molar-refractivity contribution in [3.8, 4) is 0 Å². The van der Waals surface area contributed by atoms with Crippen molar-refractivity contribution in [3.63, 3.8) is 0 Å². The highest BCUT2D eigenvalue weighted by atomic mass is 15.3. The maximum Gasteiger partial charge on any atom is 0.227 e. The minimum Gasteiger partial charge on any atom is -0.356 e. The normalized spacial score (nSPS) is 20.8. The molecular weight excluding hydrogens is 286 g/mol. The van der Waals surface area contributed by atoms with Crippen LogP contribution in [-0.4, -0.2) is 61.2 Å². The van der Waals surface area contributed by atoms with Crippen molar-refractivity contribution < 1.29 is 0 Å². The van der Waals surface area contributed by atoms with Crippen LogP contribution in [0.4, 0.5) is 11.8 Å².